The third-order valence-electron chi connectivity index (χ3n) is 2.99. The maximum Gasteiger partial charge on any atom is 0.0928 e. The molecule has 2 heterocycles. The first-order valence-electron chi connectivity index (χ1n) is 6.36. The highest BCUT2D eigenvalue weighted by Crippen LogP contribution is 2.13. The molecule has 18 heavy (non-hydrogen) atoms. The van der Waals surface area contributed by atoms with Crippen molar-refractivity contribution in [2.75, 3.05) is 0 Å². The average Bonchev–Trinajstić information content (AvgIpc) is 2.89. The van der Waals surface area contributed by atoms with Gasteiger partial charge in [0.05, 0.1) is 18.8 Å². The van der Waals surface area contributed by atoms with Crippen molar-refractivity contribution in [3.05, 3.63) is 41.0 Å². The lowest BCUT2D eigenvalue weighted by Crippen LogP contribution is -2.02. The fourth-order valence-electron chi connectivity index (χ4n) is 1.86. The molecule has 4 heteroatoms. The van der Waals surface area contributed by atoms with Crippen molar-refractivity contribution >= 4 is 0 Å². The van der Waals surface area contributed by atoms with Crippen LogP contribution in [0, 0.1) is 13.8 Å². The number of aliphatic hydroxyl groups excluding tert-OH is 1. The van der Waals surface area contributed by atoms with E-state index in [1.54, 1.807) is 4.68 Å². The molecular weight excluding hydrogens is 226 g/mol. The van der Waals surface area contributed by atoms with Crippen LogP contribution in [-0.4, -0.2) is 19.5 Å². The summed E-state index contributed by atoms with van der Waals surface area (Å²) in [6.45, 7) is 8.96. The topological polar surface area (TPSA) is 43.0 Å². The van der Waals surface area contributed by atoms with Crippen LogP contribution in [0.25, 0.3) is 0 Å². The SMILES string of the molecule is CC.Cc1ccn(Cc2cn(C)nc2CO)c1C. The van der Waals surface area contributed by atoms with Crippen molar-refractivity contribution < 1.29 is 5.11 Å². The number of rotatable bonds is 3. The third kappa shape index (κ3) is 3.01. The largest absolute Gasteiger partial charge is 0.390 e. The predicted octanol–water partition coefficient (Wildman–Crippen LogP) is 2.41. The van der Waals surface area contributed by atoms with E-state index in [0.29, 0.717) is 0 Å². The smallest absolute Gasteiger partial charge is 0.0928 e. The van der Waals surface area contributed by atoms with Crippen molar-refractivity contribution in [3.63, 3.8) is 0 Å². The molecule has 0 spiro atoms. The van der Waals surface area contributed by atoms with Crippen molar-refractivity contribution in [2.45, 2.75) is 40.8 Å². The van der Waals surface area contributed by atoms with Gasteiger partial charge < -0.3 is 9.67 Å². The minimum atomic E-state index is -0.00449. The predicted molar refractivity (Wildman–Crippen MR) is 73.5 cm³/mol. The molecule has 0 unspecified atom stereocenters. The van der Waals surface area contributed by atoms with Gasteiger partial charge in [0.2, 0.25) is 0 Å². The van der Waals surface area contributed by atoms with Gasteiger partial charge >= 0.3 is 0 Å². The summed E-state index contributed by atoms with van der Waals surface area (Å²) in [4.78, 5) is 0. The molecule has 1 N–H and O–H groups in total. The molecule has 0 aliphatic heterocycles. The fourth-order valence-corrected chi connectivity index (χ4v) is 1.86. The van der Waals surface area contributed by atoms with Crippen LogP contribution in [0.1, 0.15) is 36.4 Å². The Balaban J connectivity index is 0.000000771. The lowest BCUT2D eigenvalue weighted by atomic mass is 10.2. The molecule has 2 aromatic heterocycles. The first-order chi connectivity index (χ1) is 8.61. The summed E-state index contributed by atoms with van der Waals surface area (Å²) in [7, 11) is 1.87. The summed E-state index contributed by atoms with van der Waals surface area (Å²) in [5.74, 6) is 0. The maximum atomic E-state index is 9.20. The van der Waals surface area contributed by atoms with E-state index < -0.39 is 0 Å². The summed E-state index contributed by atoms with van der Waals surface area (Å²) < 4.78 is 3.91. The van der Waals surface area contributed by atoms with E-state index in [1.807, 2.05) is 27.1 Å². The van der Waals surface area contributed by atoms with Gasteiger partial charge in [0.15, 0.2) is 0 Å². The lowest BCUT2D eigenvalue weighted by Gasteiger charge is -2.05. The van der Waals surface area contributed by atoms with E-state index in [1.165, 1.54) is 11.3 Å². The minimum absolute atomic E-state index is 0.00449. The van der Waals surface area contributed by atoms with Crippen molar-refractivity contribution in [1.29, 1.82) is 0 Å². The summed E-state index contributed by atoms with van der Waals surface area (Å²) >= 11 is 0. The van der Waals surface area contributed by atoms with Gasteiger partial charge in [-0.15, -0.1) is 0 Å². The zero-order valence-corrected chi connectivity index (χ0v) is 11.9. The molecule has 2 rings (SSSR count). The summed E-state index contributed by atoms with van der Waals surface area (Å²) in [5.41, 5.74) is 4.37. The maximum absolute atomic E-state index is 9.20. The molecule has 0 atom stereocenters. The second kappa shape index (κ2) is 6.40. The molecule has 0 aliphatic carbocycles. The van der Waals surface area contributed by atoms with Crippen LogP contribution in [0.4, 0.5) is 0 Å². The zero-order valence-electron chi connectivity index (χ0n) is 11.9. The number of aromatic nitrogens is 3. The number of aryl methyl sites for hydroxylation is 2. The Morgan fingerprint density at radius 1 is 1.28 bits per heavy atom. The van der Waals surface area contributed by atoms with Crippen LogP contribution in [-0.2, 0) is 20.2 Å². The summed E-state index contributed by atoms with van der Waals surface area (Å²) in [5, 5.41) is 13.4. The quantitative estimate of drug-likeness (QED) is 0.907. The Bertz CT molecular complexity index is 497. The fraction of sp³-hybridized carbons (Fsp3) is 0.500. The van der Waals surface area contributed by atoms with Crippen LogP contribution >= 0.6 is 0 Å². The van der Waals surface area contributed by atoms with Gasteiger partial charge in [-0.2, -0.15) is 5.10 Å². The van der Waals surface area contributed by atoms with Crippen LogP contribution in [0.5, 0.6) is 0 Å². The van der Waals surface area contributed by atoms with E-state index in [0.717, 1.165) is 17.8 Å². The zero-order chi connectivity index (χ0) is 13.7. The normalized spacial score (nSPS) is 10.1. The highest BCUT2D eigenvalue weighted by molar-refractivity contribution is 5.23. The van der Waals surface area contributed by atoms with Crippen LogP contribution in [0.2, 0.25) is 0 Å². The number of hydrogen-bond donors (Lipinski definition) is 1. The third-order valence-corrected chi connectivity index (χ3v) is 2.99. The molecule has 0 aliphatic rings. The average molecular weight is 249 g/mol. The van der Waals surface area contributed by atoms with Gasteiger partial charge in [-0.25, -0.2) is 0 Å². The van der Waals surface area contributed by atoms with Crippen LogP contribution < -0.4 is 0 Å². The van der Waals surface area contributed by atoms with Gasteiger partial charge in [-0.05, 0) is 25.5 Å². The van der Waals surface area contributed by atoms with Gasteiger partial charge in [0, 0.05) is 30.7 Å². The van der Waals surface area contributed by atoms with E-state index in [9.17, 15) is 5.11 Å². The standard InChI is InChI=1S/C12H17N3O.C2H6/c1-9-4-5-15(10(9)2)7-11-6-14(3)13-12(11)8-16;1-2/h4-6,16H,7-8H2,1-3H3;1-2H3. The second-order valence-electron chi connectivity index (χ2n) is 4.14. The van der Waals surface area contributed by atoms with Gasteiger partial charge in [-0.1, -0.05) is 13.8 Å². The number of aliphatic hydroxyl groups is 1. The second-order valence-corrected chi connectivity index (χ2v) is 4.14. The molecule has 0 bridgehead atoms. The van der Waals surface area contributed by atoms with E-state index in [-0.39, 0.29) is 6.61 Å². The molecule has 100 valence electrons. The molecule has 0 aromatic carbocycles. The molecular formula is C14H23N3O. The molecule has 2 aromatic rings. The highest BCUT2D eigenvalue weighted by Gasteiger charge is 2.08. The Labute approximate surface area is 109 Å². The van der Waals surface area contributed by atoms with Crippen LogP contribution in [0.15, 0.2) is 18.5 Å². The molecule has 0 radical (unpaired) electrons. The van der Waals surface area contributed by atoms with Crippen molar-refractivity contribution in [1.82, 2.24) is 14.3 Å². The van der Waals surface area contributed by atoms with Crippen molar-refractivity contribution in [3.8, 4) is 0 Å². The van der Waals surface area contributed by atoms with Gasteiger partial charge in [0.25, 0.3) is 0 Å². The Morgan fingerprint density at radius 3 is 2.44 bits per heavy atom. The molecule has 0 fully saturated rings. The molecule has 0 saturated heterocycles. The van der Waals surface area contributed by atoms with E-state index in [4.69, 9.17) is 0 Å². The van der Waals surface area contributed by atoms with E-state index in [2.05, 4.69) is 35.8 Å². The Hall–Kier alpha value is -1.55. The monoisotopic (exact) mass is 249 g/mol. The first-order valence-corrected chi connectivity index (χ1v) is 6.36. The Morgan fingerprint density at radius 2 is 1.94 bits per heavy atom. The van der Waals surface area contributed by atoms with Gasteiger partial charge in [0.1, 0.15) is 0 Å². The van der Waals surface area contributed by atoms with Crippen molar-refractivity contribution in [2.24, 2.45) is 7.05 Å². The first kappa shape index (κ1) is 14.5. The highest BCUT2D eigenvalue weighted by atomic mass is 16.3. The van der Waals surface area contributed by atoms with Gasteiger partial charge in [-0.3, -0.25) is 4.68 Å². The van der Waals surface area contributed by atoms with Crippen LogP contribution in [0.3, 0.4) is 0 Å². The minimum Gasteiger partial charge on any atom is -0.390 e. The number of hydrogen-bond acceptors (Lipinski definition) is 2. The molecule has 0 amide bonds. The lowest BCUT2D eigenvalue weighted by molar-refractivity contribution is 0.274. The van der Waals surface area contributed by atoms with E-state index >= 15 is 0 Å². The molecule has 4 nitrogen and oxygen atoms in total. The number of nitrogens with zero attached hydrogens (tertiary/aromatic N) is 3. The summed E-state index contributed by atoms with van der Waals surface area (Å²) in [6.07, 6.45) is 4.03. The molecule has 0 saturated carbocycles. The Kier molecular flexibility index (Phi) is 5.16. The summed E-state index contributed by atoms with van der Waals surface area (Å²) in [6, 6.07) is 2.10.